The van der Waals surface area contributed by atoms with Crippen LogP contribution < -0.4 is 15.3 Å². The Morgan fingerprint density at radius 2 is 0.750 bits per heavy atom. The molecule has 0 saturated carbocycles. The van der Waals surface area contributed by atoms with Crippen molar-refractivity contribution in [2.24, 2.45) is 17.8 Å². The largest absolute Gasteiger partial charge is 3.00 e. The van der Waals surface area contributed by atoms with Gasteiger partial charge >= 0.3 is 24.4 Å². The van der Waals surface area contributed by atoms with Crippen LogP contribution in [0.5, 0.6) is 0 Å². The van der Waals surface area contributed by atoms with Crippen molar-refractivity contribution in [1.82, 2.24) is 0 Å². The minimum Gasteiger partial charge on any atom is -0.550 e. The van der Waals surface area contributed by atoms with Crippen LogP contribution in [0.25, 0.3) is 0 Å². The SMILES string of the molecule is CCCCOCCC(CS)C(=O)[O-].CCCCOCCC(CS)C(=O)[O-].CCCCOCCC(CS)C(=O)[O-].[Sb+3]. The van der Waals surface area contributed by atoms with Crippen LogP contribution in [0.4, 0.5) is 0 Å². The fraction of sp³-hybridized carbons (Fsp3) is 0.889. The molecular formula is C27H51O9S3Sb. The number of unbranched alkanes of at least 4 members (excludes halogenated alkanes) is 3. The van der Waals surface area contributed by atoms with E-state index < -0.39 is 35.7 Å². The molecule has 0 amide bonds. The van der Waals surface area contributed by atoms with E-state index in [0.717, 1.165) is 38.5 Å². The molecule has 0 aliphatic carbocycles. The number of hydrogen-bond acceptors (Lipinski definition) is 12. The summed E-state index contributed by atoms with van der Waals surface area (Å²) in [6.07, 6.45) is 7.84. The van der Waals surface area contributed by atoms with E-state index in [0.29, 0.717) is 76.2 Å². The fourth-order valence-corrected chi connectivity index (χ4v) is 3.57. The maximum absolute atomic E-state index is 10.4. The van der Waals surface area contributed by atoms with Gasteiger partial charge in [-0.25, -0.2) is 0 Å². The van der Waals surface area contributed by atoms with Crippen molar-refractivity contribution < 1.29 is 43.9 Å². The third-order valence-corrected chi connectivity index (χ3v) is 6.74. The zero-order valence-corrected chi connectivity index (χ0v) is 29.7. The van der Waals surface area contributed by atoms with E-state index in [-0.39, 0.29) is 24.4 Å². The Morgan fingerprint density at radius 3 is 0.900 bits per heavy atom. The van der Waals surface area contributed by atoms with Crippen LogP contribution in [0, 0.1) is 17.8 Å². The van der Waals surface area contributed by atoms with Gasteiger partial charge in [-0.1, -0.05) is 40.0 Å². The molecule has 0 spiro atoms. The van der Waals surface area contributed by atoms with Gasteiger partial charge in [0.05, 0.1) is 0 Å². The van der Waals surface area contributed by atoms with Gasteiger partial charge in [-0.05, 0) is 55.8 Å². The molecule has 13 heteroatoms. The van der Waals surface area contributed by atoms with E-state index in [1.165, 1.54) is 0 Å². The Bertz CT molecular complexity index is 499. The number of thiol groups is 3. The molecule has 3 unspecified atom stereocenters. The van der Waals surface area contributed by atoms with Gasteiger partial charge in [0.2, 0.25) is 0 Å². The van der Waals surface area contributed by atoms with E-state index in [4.69, 9.17) is 14.2 Å². The van der Waals surface area contributed by atoms with Crippen molar-refractivity contribution in [3.63, 3.8) is 0 Å². The van der Waals surface area contributed by atoms with Gasteiger partial charge in [0.25, 0.3) is 0 Å². The second-order valence-corrected chi connectivity index (χ2v) is 9.95. The van der Waals surface area contributed by atoms with Crippen LogP contribution in [0.15, 0.2) is 0 Å². The van der Waals surface area contributed by atoms with Gasteiger partial charge in [0, 0.05) is 75.3 Å². The normalized spacial score (nSPS) is 12.4. The molecule has 3 atom stereocenters. The maximum Gasteiger partial charge on any atom is 3.00 e. The monoisotopic (exact) mass is 736 g/mol. The van der Waals surface area contributed by atoms with Crippen LogP contribution in [0.1, 0.15) is 78.6 Å². The Morgan fingerprint density at radius 1 is 0.525 bits per heavy atom. The Kier molecular flexibility index (Phi) is 43.8. The van der Waals surface area contributed by atoms with Crippen molar-refractivity contribution in [1.29, 1.82) is 0 Å². The van der Waals surface area contributed by atoms with Crippen LogP contribution in [-0.2, 0) is 28.6 Å². The summed E-state index contributed by atoms with van der Waals surface area (Å²) in [4.78, 5) is 31.3. The average Bonchev–Trinajstić information content (AvgIpc) is 2.90. The summed E-state index contributed by atoms with van der Waals surface area (Å²) in [6.45, 7) is 9.84. The Balaban J connectivity index is -0.000000240. The standard InChI is InChI=1S/3C9H18O3S.Sb/c3*1-2-3-5-12-6-4-8(7-13)9(10)11;/h3*8,13H,2-7H2,1H3,(H,10,11);/q;;;+3/p-3. The molecule has 0 aliphatic heterocycles. The average molecular weight is 738 g/mol. The first-order valence-electron chi connectivity index (χ1n) is 13.8. The van der Waals surface area contributed by atoms with Gasteiger partial charge in [0.1, 0.15) is 0 Å². The van der Waals surface area contributed by atoms with E-state index in [1.807, 2.05) is 0 Å². The van der Waals surface area contributed by atoms with Gasteiger partial charge in [0.15, 0.2) is 0 Å². The number of carbonyl (C=O) groups is 3. The number of carbonyl (C=O) groups excluding carboxylic acids is 3. The van der Waals surface area contributed by atoms with E-state index in [1.54, 1.807) is 0 Å². The van der Waals surface area contributed by atoms with Gasteiger partial charge in [-0.2, -0.15) is 37.9 Å². The molecule has 0 aliphatic rings. The topological polar surface area (TPSA) is 148 Å². The zero-order valence-electron chi connectivity index (χ0n) is 24.4. The zero-order chi connectivity index (χ0) is 30.3. The molecular weight excluding hydrogens is 686 g/mol. The first-order valence-corrected chi connectivity index (χ1v) is 15.7. The molecule has 2 radical (unpaired) electrons. The summed E-state index contributed by atoms with van der Waals surface area (Å²) >= 11 is 11.8. The molecule has 0 bridgehead atoms. The first-order chi connectivity index (χ1) is 18.7. The molecule has 0 fully saturated rings. The van der Waals surface area contributed by atoms with Gasteiger partial charge < -0.3 is 43.9 Å². The van der Waals surface area contributed by atoms with Crippen LogP contribution >= 0.6 is 37.9 Å². The number of carboxylic acids is 3. The molecule has 0 heterocycles. The second-order valence-electron chi connectivity index (χ2n) is 8.86. The molecule has 236 valence electrons. The summed E-state index contributed by atoms with van der Waals surface area (Å²) in [7, 11) is 0. The van der Waals surface area contributed by atoms with Crippen LogP contribution in [0.2, 0.25) is 0 Å². The van der Waals surface area contributed by atoms with Crippen LogP contribution in [-0.4, -0.2) is 99.2 Å². The number of aliphatic carboxylic acids is 3. The molecule has 9 nitrogen and oxygen atoms in total. The third kappa shape index (κ3) is 34.4. The Labute approximate surface area is 275 Å². The number of rotatable bonds is 24. The predicted molar refractivity (Wildman–Crippen MR) is 164 cm³/mol. The van der Waals surface area contributed by atoms with Crippen molar-refractivity contribution in [3.8, 4) is 0 Å². The molecule has 0 saturated heterocycles. The third-order valence-electron chi connectivity index (χ3n) is 5.42. The summed E-state index contributed by atoms with van der Waals surface area (Å²) in [6, 6.07) is 0. The molecule has 0 rings (SSSR count). The minimum absolute atomic E-state index is 0. The number of carboxylic acid groups (broad SMARTS) is 3. The number of ether oxygens (including phenoxy) is 3. The molecule has 0 aromatic carbocycles. The maximum atomic E-state index is 10.4. The smallest absolute Gasteiger partial charge is 0.550 e. The van der Waals surface area contributed by atoms with E-state index in [9.17, 15) is 29.7 Å². The summed E-state index contributed by atoms with van der Waals surface area (Å²) in [5, 5.41) is 31.3. The number of hydrogen-bond donors (Lipinski definition) is 3. The van der Waals surface area contributed by atoms with Gasteiger partial charge in [-0.3, -0.25) is 0 Å². The predicted octanol–water partition coefficient (Wildman–Crippen LogP) is 1.09. The summed E-state index contributed by atoms with van der Waals surface area (Å²) in [5.74, 6) is -3.59. The molecule has 0 aromatic heterocycles. The second kappa shape index (κ2) is 37.2. The fourth-order valence-electron chi connectivity index (χ4n) is 2.57. The Hall–Kier alpha value is 0.158. The van der Waals surface area contributed by atoms with Crippen molar-refractivity contribution in [2.75, 3.05) is 56.9 Å². The van der Waals surface area contributed by atoms with Crippen molar-refractivity contribution in [3.05, 3.63) is 0 Å². The van der Waals surface area contributed by atoms with E-state index >= 15 is 0 Å². The minimum atomic E-state index is -1.03. The molecule has 40 heavy (non-hydrogen) atoms. The molecule has 0 aromatic rings. The first kappa shape index (κ1) is 47.1. The summed E-state index contributed by atoms with van der Waals surface area (Å²) in [5.41, 5.74) is 0. The van der Waals surface area contributed by atoms with Crippen LogP contribution in [0.3, 0.4) is 0 Å². The van der Waals surface area contributed by atoms with E-state index in [2.05, 4.69) is 58.7 Å². The van der Waals surface area contributed by atoms with Gasteiger partial charge in [-0.15, -0.1) is 0 Å². The van der Waals surface area contributed by atoms with Crippen molar-refractivity contribution in [2.45, 2.75) is 78.6 Å². The summed E-state index contributed by atoms with van der Waals surface area (Å²) < 4.78 is 15.7. The van der Waals surface area contributed by atoms with Crippen molar-refractivity contribution >= 4 is 80.2 Å². The quantitative estimate of drug-likeness (QED) is 0.0753. The molecule has 0 N–H and O–H groups in total.